The number of aliphatic hydroxyl groups is 1. The van der Waals surface area contributed by atoms with Crippen LogP contribution >= 0.6 is 0 Å². The molecule has 92 valence electrons. The smallest absolute Gasteiger partial charge is 0.187 e. The Balaban J connectivity index is 2.46. The summed E-state index contributed by atoms with van der Waals surface area (Å²) in [5.74, 6) is 0.425. The Hall–Kier alpha value is -1.15. The van der Waals surface area contributed by atoms with Gasteiger partial charge in [0.1, 0.15) is 5.60 Å². The van der Waals surface area contributed by atoms with Crippen molar-refractivity contribution in [3.63, 3.8) is 0 Å². The lowest BCUT2D eigenvalue weighted by Gasteiger charge is -2.40. The Kier molecular flexibility index (Phi) is 2.86. The number of rotatable bonds is 1. The Bertz CT molecular complexity index is 438. The average Bonchev–Trinajstić information content (AvgIpc) is 2.20. The second-order valence-corrected chi connectivity index (χ2v) is 5.62. The van der Waals surface area contributed by atoms with Gasteiger partial charge in [0, 0.05) is 0 Å². The number of fused-ring (bicyclic) bond motifs is 1. The highest BCUT2D eigenvalue weighted by Gasteiger charge is 2.42. The number of hydrogen-bond acceptors (Lipinski definition) is 2. The lowest BCUT2D eigenvalue weighted by atomic mass is 9.65. The van der Waals surface area contributed by atoms with E-state index in [0.717, 1.165) is 17.6 Å². The molecule has 2 aliphatic carbocycles. The highest BCUT2D eigenvalue weighted by Crippen LogP contribution is 2.44. The van der Waals surface area contributed by atoms with E-state index in [9.17, 15) is 9.90 Å². The molecular formula is C15H20O2. The van der Waals surface area contributed by atoms with E-state index in [1.54, 1.807) is 13.0 Å². The van der Waals surface area contributed by atoms with Gasteiger partial charge < -0.3 is 5.11 Å². The SMILES string of the molecule is C=C(C)[C@@H]1CC=C(C)C2=CC(=O)[C@](C)(O)C[C@H]21. The minimum Gasteiger partial charge on any atom is -0.382 e. The van der Waals surface area contributed by atoms with E-state index in [2.05, 4.69) is 12.7 Å². The summed E-state index contributed by atoms with van der Waals surface area (Å²) in [4.78, 5) is 11.8. The first kappa shape index (κ1) is 12.3. The molecule has 0 saturated carbocycles. The van der Waals surface area contributed by atoms with Crippen LogP contribution in [0.25, 0.3) is 0 Å². The van der Waals surface area contributed by atoms with Crippen LogP contribution in [0.4, 0.5) is 0 Å². The van der Waals surface area contributed by atoms with Crippen molar-refractivity contribution in [1.29, 1.82) is 0 Å². The van der Waals surface area contributed by atoms with E-state index in [-0.39, 0.29) is 11.7 Å². The highest BCUT2D eigenvalue weighted by molar-refractivity contribution is 5.98. The number of hydrogen-bond donors (Lipinski definition) is 1. The lowest BCUT2D eigenvalue weighted by molar-refractivity contribution is -0.133. The maximum Gasteiger partial charge on any atom is 0.187 e. The van der Waals surface area contributed by atoms with E-state index in [1.165, 1.54) is 5.57 Å². The van der Waals surface area contributed by atoms with Gasteiger partial charge in [-0.2, -0.15) is 0 Å². The van der Waals surface area contributed by atoms with Gasteiger partial charge in [0.2, 0.25) is 0 Å². The van der Waals surface area contributed by atoms with Crippen LogP contribution in [0.15, 0.2) is 35.5 Å². The third kappa shape index (κ3) is 2.02. The first-order chi connectivity index (χ1) is 7.83. The molecule has 0 aromatic carbocycles. The van der Waals surface area contributed by atoms with Gasteiger partial charge in [-0.1, -0.05) is 23.8 Å². The third-order valence-corrected chi connectivity index (χ3v) is 4.09. The summed E-state index contributed by atoms with van der Waals surface area (Å²) < 4.78 is 0. The zero-order valence-electron chi connectivity index (χ0n) is 10.8. The molecular weight excluding hydrogens is 212 g/mol. The fraction of sp³-hybridized carbons (Fsp3) is 0.533. The standard InChI is InChI=1S/C15H20O2/c1-9(2)11-6-5-10(3)12-7-14(16)15(4,17)8-13(11)12/h5,7,11,13,17H,1,6,8H2,2-4H3/t11-,13-,15+/m0/s1. The largest absolute Gasteiger partial charge is 0.382 e. The van der Waals surface area contributed by atoms with Crippen molar-refractivity contribution >= 4 is 5.78 Å². The molecule has 3 atom stereocenters. The van der Waals surface area contributed by atoms with E-state index in [0.29, 0.717) is 12.3 Å². The summed E-state index contributed by atoms with van der Waals surface area (Å²) in [6.07, 6.45) is 5.29. The van der Waals surface area contributed by atoms with Crippen LogP contribution in [-0.2, 0) is 4.79 Å². The molecule has 0 bridgehead atoms. The van der Waals surface area contributed by atoms with Crippen molar-refractivity contribution in [1.82, 2.24) is 0 Å². The first-order valence-electron chi connectivity index (χ1n) is 6.14. The topological polar surface area (TPSA) is 37.3 Å². The van der Waals surface area contributed by atoms with Crippen molar-refractivity contribution in [3.8, 4) is 0 Å². The highest BCUT2D eigenvalue weighted by atomic mass is 16.3. The van der Waals surface area contributed by atoms with Gasteiger partial charge in [-0.3, -0.25) is 4.79 Å². The van der Waals surface area contributed by atoms with Crippen molar-refractivity contribution in [2.75, 3.05) is 0 Å². The fourth-order valence-corrected chi connectivity index (χ4v) is 2.94. The normalized spacial score (nSPS) is 37.1. The quantitative estimate of drug-likeness (QED) is 0.706. The minimum atomic E-state index is -1.21. The van der Waals surface area contributed by atoms with Crippen LogP contribution in [0.1, 0.15) is 33.6 Å². The van der Waals surface area contributed by atoms with E-state index in [1.807, 2.05) is 13.8 Å². The molecule has 17 heavy (non-hydrogen) atoms. The molecule has 0 radical (unpaired) electrons. The Labute approximate surface area is 103 Å². The van der Waals surface area contributed by atoms with Crippen molar-refractivity contribution in [2.45, 2.75) is 39.2 Å². The van der Waals surface area contributed by atoms with Crippen LogP contribution in [-0.4, -0.2) is 16.5 Å². The average molecular weight is 232 g/mol. The lowest BCUT2D eigenvalue weighted by Crippen LogP contribution is -2.43. The summed E-state index contributed by atoms with van der Waals surface area (Å²) in [7, 11) is 0. The molecule has 0 aromatic heterocycles. The Morgan fingerprint density at radius 2 is 2.24 bits per heavy atom. The number of ketones is 1. The van der Waals surface area contributed by atoms with Gasteiger partial charge in [0.15, 0.2) is 5.78 Å². The van der Waals surface area contributed by atoms with E-state index in [4.69, 9.17) is 0 Å². The summed E-state index contributed by atoms with van der Waals surface area (Å²) in [6, 6.07) is 0. The molecule has 0 unspecified atom stereocenters. The van der Waals surface area contributed by atoms with Gasteiger partial charge in [-0.15, -0.1) is 0 Å². The summed E-state index contributed by atoms with van der Waals surface area (Å²) in [6.45, 7) is 9.73. The molecule has 0 amide bonds. The molecule has 0 heterocycles. The van der Waals surface area contributed by atoms with Gasteiger partial charge in [-0.05, 0) is 57.1 Å². The molecule has 2 rings (SSSR count). The van der Waals surface area contributed by atoms with Gasteiger partial charge in [-0.25, -0.2) is 0 Å². The van der Waals surface area contributed by atoms with Crippen molar-refractivity contribution in [3.05, 3.63) is 35.5 Å². The first-order valence-corrected chi connectivity index (χ1v) is 6.14. The predicted molar refractivity (Wildman–Crippen MR) is 68.5 cm³/mol. The molecule has 1 N–H and O–H groups in total. The van der Waals surface area contributed by atoms with Crippen LogP contribution in [0.2, 0.25) is 0 Å². The van der Waals surface area contributed by atoms with Crippen LogP contribution < -0.4 is 0 Å². The molecule has 2 nitrogen and oxygen atoms in total. The Morgan fingerprint density at radius 1 is 1.59 bits per heavy atom. The van der Waals surface area contributed by atoms with Gasteiger partial charge in [0.25, 0.3) is 0 Å². The molecule has 2 aliphatic rings. The summed E-state index contributed by atoms with van der Waals surface area (Å²) >= 11 is 0. The molecule has 0 aromatic rings. The monoisotopic (exact) mass is 232 g/mol. The Morgan fingerprint density at radius 3 is 2.82 bits per heavy atom. The van der Waals surface area contributed by atoms with Gasteiger partial charge >= 0.3 is 0 Å². The molecule has 2 heteroatoms. The maximum atomic E-state index is 11.8. The van der Waals surface area contributed by atoms with Crippen LogP contribution in [0, 0.1) is 11.8 Å². The second kappa shape index (κ2) is 3.95. The predicted octanol–water partition coefficient (Wildman–Crippen LogP) is 2.80. The van der Waals surface area contributed by atoms with Crippen LogP contribution in [0.5, 0.6) is 0 Å². The van der Waals surface area contributed by atoms with Gasteiger partial charge in [0.05, 0.1) is 0 Å². The zero-order valence-corrected chi connectivity index (χ0v) is 10.8. The number of carbonyl (C=O) groups excluding carboxylic acids is 1. The number of carbonyl (C=O) groups is 1. The molecule has 0 aliphatic heterocycles. The van der Waals surface area contributed by atoms with E-state index >= 15 is 0 Å². The molecule has 0 spiro atoms. The summed E-state index contributed by atoms with van der Waals surface area (Å²) in [5, 5.41) is 10.1. The summed E-state index contributed by atoms with van der Waals surface area (Å²) in [5.41, 5.74) is 2.20. The van der Waals surface area contributed by atoms with Crippen molar-refractivity contribution in [2.24, 2.45) is 11.8 Å². The van der Waals surface area contributed by atoms with E-state index < -0.39 is 5.60 Å². The third-order valence-electron chi connectivity index (χ3n) is 4.09. The molecule has 0 fully saturated rings. The van der Waals surface area contributed by atoms with Crippen molar-refractivity contribution < 1.29 is 9.90 Å². The minimum absolute atomic E-state index is 0.168. The zero-order chi connectivity index (χ0) is 12.8. The molecule has 0 saturated heterocycles. The fourth-order valence-electron chi connectivity index (χ4n) is 2.94. The number of allylic oxidation sites excluding steroid dienone is 4. The maximum absolute atomic E-state index is 11.8. The second-order valence-electron chi connectivity index (χ2n) is 5.62. The van der Waals surface area contributed by atoms with Crippen LogP contribution in [0.3, 0.4) is 0 Å².